The molecule has 2 aromatic rings. The molecule has 29 heavy (non-hydrogen) atoms. The lowest BCUT2D eigenvalue weighted by Gasteiger charge is -2.07. The molecule has 0 aliphatic carbocycles. The Balaban J connectivity index is 1.17. The molecule has 0 aromatic heterocycles. The summed E-state index contributed by atoms with van der Waals surface area (Å²) in [6.45, 7) is 0.295. The van der Waals surface area contributed by atoms with Crippen molar-refractivity contribution in [1.82, 2.24) is 0 Å². The Morgan fingerprint density at radius 3 is 1.45 bits per heavy atom. The molecule has 10 nitrogen and oxygen atoms in total. The van der Waals surface area contributed by atoms with Crippen molar-refractivity contribution in [2.75, 3.05) is 13.2 Å². The molecule has 148 valence electrons. The molecule has 0 bridgehead atoms. The van der Waals surface area contributed by atoms with Gasteiger partial charge in [0, 0.05) is 6.42 Å². The number of carbonyl (C=O) groups is 4. The van der Waals surface area contributed by atoms with Crippen LogP contribution in [-0.2, 0) is 19.2 Å². The van der Waals surface area contributed by atoms with Gasteiger partial charge in [-0.3, -0.25) is 0 Å². The van der Waals surface area contributed by atoms with Crippen LogP contribution in [0.5, 0.6) is 11.5 Å². The summed E-state index contributed by atoms with van der Waals surface area (Å²) < 4.78 is 8.96. The number of rotatable bonds is 8. The molecule has 0 fully saturated rings. The van der Waals surface area contributed by atoms with Crippen molar-refractivity contribution in [3.8, 4) is 11.5 Å². The monoisotopic (exact) mass is 400 g/mol. The molecule has 2 aliphatic heterocycles. The summed E-state index contributed by atoms with van der Waals surface area (Å²) >= 11 is 0. The van der Waals surface area contributed by atoms with E-state index in [0.717, 1.165) is 0 Å². The molecule has 0 saturated heterocycles. The summed E-state index contributed by atoms with van der Waals surface area (Å²) in [5, 5.41) is 0. The topological polar surface area (TPSA) is 124 Å². The second-order valence-electron chi connectivity index (χ2n) is 5.93. The van der Waals surface area contributed by atoms with Gasteiger partial charge in [0.2, 0.25) is 0 Å². The summed E-state index contributed by atoms with van der Waals surface area (Å²) in [5.74, 6) is -2.36. The third-order valence-electron chi connectivity index (χ3n) is 4.00. The minimum Gasteiger partial charge on any atom is -0.386 e. The second-order valence-corrected chi connectivity index (χ2v) is 5.93. The lowest BCUT2D eigenvalue weighted by Crippen LogP contribution is -2.06. The highest BCUT2D eigenvalue weighted by molar-refractivity contribution is 6.15. The average molecular weight is 400 g/mol. The maximum absolute atomic E-state index is 11.5. The molecule has 4 rings (SSSR count). The van der Waals surface area contributed by atoms with Gasteiger partial charge in [0.05, 0.1) is 35.5 Å². The van der Waals surface area contributed by atoms with Crippen molar-refractivity contribution in [3.05, 3.63) is 58.7 Å². The average Bonchev–Trinajstić information content (AvgIpc) is 3.16. The number of benzene rings is 2. The molecule has 2 heterocycles. The summed E-state index contributed by atoms with van der Waals surface area (Å²) in [7, 11) is 0. The molecular formula is C19H12O10. The fourth-order valence-corrected chi connectivity index (χ4v) is 2.63. The largest absolute Gasteiger partial charge is 0.386 e. The van der Waals surface area contributed by atoms with E-state index in [0.29, 0.717) is 6.42 Å². The van der Waals surface area contributed by atoms with Crippen LogP contribution in [0.3, 0.4) is 0 Å². The van der Waals surface area contributed by atoms with Gasteiger partial charge in [-0.1, -0.05) is 0 Å². The number of cyclic esters (lactones) is 4. The SMILES string of the molecule is O=C1OC(=O)c2cc(OOCCCOOc3ccc4c(c3)C(=O)OC4=O)ccc21. The van der Waals surface area contributed by atoms with E-state index in [4.69, 9.17) is 19.6 Å². The number of carbonyl (C=O) groups excluding carboxylic acids is 4. The van der Waals surface area contributed by atoms with Crippen LogP contribution in [-0.4, -0.2) is 37.1 Å². The van der Waals surface area contributed by atoms with Gasteiger partial charge in [0.1, 0.15) is 0 Å². The summed E-state index contributed by atoms with van der Waals surface area (Å²) in [5.41, 5.74) is 0.592. The van der Waals surface area contributed by atoms with Gasteiger partial charge in [-0.2, -0.15) is 9.78 Å². The molecule has 0 unspecified atom stereocenters. The molecule has 0 radical (unpaired) electrons. The van der Waals surface area contributed by atoms with Crippen LogP contribution < -0.4 is 9.78 Å². The van der Waals surface area contributed by atoms with E-state index in [-0.39, 0.29) is 47.0 Å². The van der Waals surface area contributed by atoms with Crippen LogP contribution in [0.4, 0.5) is 0 Å². The minimum absolute atomic E-state index is 0.118. The molecular weight excluding hydrogens is 388 g/mol. The van der Waals surface area contributed by atoms with Crippen molar-refractivity contribution in [3.63, 3.8) is 0 Å². The predicted octanol–water partition coefficient (Wildman–Crippen LogP) is 2.02. The maximum Gasteiger partial charge on any atom is 0.347 e. The lowest BCUT2D eigenvalue weighted by atomic mass is 10.1. The third-order valence-corrected chi connectivity index (χ3v) is 4.00. The van der Waals surface area contributed by atoms with E-state index in [1.807, 2.05) is 0 Å². The number of ether oxygens (including phenoxy) is 2. The summed E-state index contributed by atoms with van der Waals surface area (Å²) in [4.78, 5) is 65.8. The first-order valence-electron chi connectivity index (χ1n) is 8.43. The van der Waals surface area contributed by atoms with E-state index >= 15 is 0 Å². The highest BCUT2D eigenvalue weighted by atomic mass is 17.2. The Hall–Kier alpha value is -3.76. The Morgan fingerprint density at radius 1 is 0.586 bits per heavy atom. The minimum atomic E-state index is -0.731. The first-order chi connectivity index (χ1) is 14.0. The molecule has 0 amide bonds. The van der Waals surface area contributed by atoms with Crippen LogP contribution in [0, 0.1) is 0 Å². The van der Waals surface area contributed by atoms with E-state index < -0.39 is 23.9 Å². The van der Waals surface area contributed by atoms with Crippen LogP contribution in [0.2, 0.25) is 0 Å². The van der Waals surface area contributed by atoms with Crippen LogP contribution >= 0.6 is 0 Å². The lowest BCUT2D eigenvalue weighted by molar-refractivity contribution is -0.232. The van der Waals surface area contributed by atoms with Crippen molar-refractivity contribution < 1.29 is 48.2 Å². The van der Waals surface area contributed by atoms with E-state index in [1.165, 1.54) is 36.4 Å². The summed E-state index contributed by atoms with van der Waals surface area (Å²) in [6, 6.07) is 8.48. The Kier molecular flexibility index (Phi) is 4.94. The third kappa shape index (κ3) is 3.79. The highest BCUT2D eigenvalue weighted by Gasteiger charge is 2.30. The van der Waals surface area contributed by atoms with Gasteiger partial charge in [-0.05, 0) is 36.4 Å². The predicted molar refractivity (Wildman–Crippen MR) is 90.2 cm³/mol. The quantitative estimate of drug-likeness (QED) is 0.214. The van der Waals surface area contributed by atoms with Crippen LogP contribution in [0.1, 0.15) is 47.9 Å². The smallest absolute Gasteiger partial charge is 0.347 e. The zero-order chi connectivity index (χ0) is 20.4. The number of hydrogen-bond acceptors (Lipinski definition) is 10. The molecule has 0 saturated carbocycles. The normalized spacial score (nSPS) is 14.3. The number of fused-ring (bicyclic) bond motifs is 2. The van der Waals surface area contributed by atoms with E-state index in [1.54, 1.807) is 0 Å². The molecule has 0 atom stereocenters. The van der Waals surface area contributed by atoms with Gasteiger partial charge >= 0.3 is 23.9 Å². The zero-order valence-corrected chi connectivity index (χ0v) is 14.7. The number of esters is 4. The highest BCUT2D eigenvalue weighted by Crippen LogP contribution is 2.26. The van der Waals surface area contributed by atoms with Crippen LogP contribution in [0.15, 0.2) is 36.4 Å². The Bertz CT molecular complexity index is 944. The van der Waals surface area contributed by atoms with Gasteiger partial charge in [-0.25, -0.2) is 19.2 Å². The maximum atomic E-state index is 11.5. The molecule has 10 heteroatoms. The van der Waals surface area contributed by atoms with Gasteiger partial charge in [0.25, 0.3) is 0 Å². The zero-order valence-electron chi connectivity index (χ0n) is 14.7. The molecule has 2 aliphatic rings. The summed E-state index contributed by atoms with van der Waals surface area (Å²) in [6.07, 6.45) is 0.400. The first kappa shape index (κ1) is 18.6. The molecule has 2 aromatic carbocycles. The van der Waals surface area contributed by atoms with Gasteiger partial charge in [-0.15, -0.1) is 0 Å². The molecule has 0 N–H and O–H groups in total. The Labute approximate surface area is 162 Å². The molecule has 0 spiro atoms. The van der Waals surface area contributed by atoms with E-state index in [9.17, 15) is 19.2 Å². The van der Waals surface area contributed by atoms with Crippen molar-refractivity contribution in [2.24, 2.45) is 0 Å². The van der Waals surface area contributed by atoms with Crippen molar-refractivity contribution in [2.45, 2.75) is 6.42 Å². The van der Waals surface area contributed by atoms with Crippen molar-refractivity contribution >= 4 is 23.9 Å². The van der Waals surface area contributed by atoms with E-state index in [2.05, 4.69) is 9.47 Å². The standard InChI is InChI=1S/C19H12O10/c20-16-12-4-2-10(8-14(12)18(22)26-16)28-24-6-1-7-25-29-11-3-5-13-15(9-11)19(23)27-17(13)21/h2-5,8-9H,1,6-7H2. The van der Waals surface area contributed by atoms with Gasteiger partial charge < -0.3 is 19.2 Å². The van der Waals surface area contributed by atoms with Gasteiger partial charge in [0.15, 0.2) is 11.5 Å². The van der Waals surface area contributed by atoms with Crippen LogP contribution in [0.25, 0.3) is 0 Å². The fourth-order valence-electron chi connectivity index (χ4n) is 2.63. The second kappa shape index (κ2) is 7.70. The number of hydrogen-bond donors (Lipinski definition) is 0. The first-order valence-corrected chi connectivity index (χ1v) is 8.43. The fraction of sp³-hybridized carbons (Fsp3) is 0.158. The van der Waals surface area contributed by atoms with Crippen molar-refractivity contribution in [1.29, 1.82) is 0 Å². The Morgan fingerprint density at radius 2 is 1.00 bits per heavy atom.